The Morgan fingerprint density at radius 1 is 1.26 bits per heavy atom. The highest BCUT2D eigenvalue weighted by Crippen LogP contribution is 2.63. The van der Waals surface area contributed by atoms with Crippen LogP contribution in [0.4, 0.5) is 4.79 Å². The second-order valence-electron chi connectivity index (χ2n) is 7.87. The van der Waals surface area contributed by atoms with Gasteiger partial charge in [-0.15, -0.1) is 0 Å². The zero-order valence-electron chi connectivity index (χ0n) is 14.7. The van der Waals surface area contributed by atoms with E-state index in [1.165, 1.54) is 5.56 Å². The summed E-state index contributed by atoms with van der Waals surface area (Å²) in [7, 11) is 0. The molecule has 3 aromatic rings. The number of amides is 1. The van der Waals surface area contributed by atoms with Gasteiger partial charge in [0, 0.05) is 11.0 Å². The van der Waals surface area contributed by atoms with Crippen LogP contribution in [0.3, 0.4) is 0 Å². The number of halogens is 1. The normalized spacial score (nSPS) is 26.8. The summed E-state index contributed by atoms with van der Waals surface area (Å²) in [6, 6.07) is 16.2. The van der Waals surface area contributed by atoms with Crippen LogP contribution in [-0.2, 0) is 6.42 Å². The summed E-state index contributed by atoms with van der Waals surface area (Å²) in [5.74, 6) is 1.30. The van der Waals surface area contributed by atoms with Gasteiger partial charge in [0.1, 0.15) is 5.82 Å². The fourth-order valence-corrected chi connectivity index (χ4v) is 5.04. The molecular weight excluding hydrogens is 406 g/mol. The molecule has 2 fully saturated rings. The lowest BCUT2D eigenvalue weighted by molar-refractivity contribution is 0.137. The maximum Gasteiger partial charge on any atom is 0.407 e. The Balaban J connectivity index is 1.41. The summed E-state index contributed by atoms with van der Waals surface area (Å²) in [5.41, 5.74) is 3.23. The van der Waals surface area contributed by atoms with Crippen molar-refractivity contribution in [1.82, 2.24) is 14.9 Å². The quantitative estimate of drug-likeness (QED) is 0.620. The minimum Gasteiger partial charge on any atom is -0.465 e. The summed E-state index contributed by atoms with van der Waals surface area (Å²) < 4.78 is 0.980. The van der Waals surface area contributed by atoms with Crippen molar-refractivity contribution < 1.29 is 9.90 Å². The Hall–Kier alpha value is -2.34. The molecule has 138 valence electrons. The first-order valence-electron chi connectivity index (χ1n) is 9.23. The zero-order chi connectivity index (χ0) is 18.6. The van der Waals surface area contributed by atoms with E-state index >= 15 is 0 Å². The molecule has 2 N–H and O–H groups in total. The second-order valence-corrected chi connectivity index (χ2v) is 8.78. The van der Waals surface area contributed by atoms with Crippen molar-refractivity contribution in [3.8, 4) is 0 Å². The van der Waals surface area contributed by atoms with E-state index in [1.807, 2.05) is 24.3 Å². The van der Waals surface area contributed by atoms with E-state index < -0.39 is 6.09 Å². The molecule has 1 aliphatic carbocycles. The number of hydrogen-bond donors (Lipinski definition) is 2. The molecule has 1 aromatic heterocycles. The molecule has 2 heterocycles. The first-order valence-corrected chi connectivity index (χ1v) is 10.0. The number of H-pyrrole nitrogens is 1. The minimum atomic E-state index is -0.858. The second kappa shape index (κ2) is 6.09. The summed E-state index contributed by atoms with van der Waals surface area (Å²) in [6.07, 6.45) is 2.10. The maximum absolute atomic E-state index is 11.9. The predicted molar refractivity (Wildman–Crippen MR) is 107 cm³/mol. The molecule has 0 radical (unpaired) electrons. The Morgan fingerprint density at radius 2 is 2.07 bits per heavy atom. The van der Waals surface area contributed by atoms with Gasteiger partial charge in [-0.1, -0.05) is 46.3 Å². The van der Waals surface area contributed by atoms with Crippen molar-refractivity contribution in [2.24, 2.45) is 11.3 Å². The van der Waals surface area contributed by atoms with Crippen LogP contribution < -0.4 is 0 Å². The highest BCUT2D eigenvalue weighted by molar-refractivity contribution is 9.10. The Bertz CT molecular complexity index is 1020. The summed E-state index contributed by atoms with van der Waals surface area (Å²) >= 11 is 3.48. The number of benzene rings is 2. The number of likely N-dealkylation sites (tertiary alicyclic amines) is 1. The van der Waals surface area contributed by atoms with Crippen LogP contribution in [0, 0.1) is 11.3 Å². The van der Waals surface area contributed by atoms with Crippen LogP contribution in [-0.4, -0.2) is 32.6 Å². The predicted octanol–water partition coefficient (Wildman–Crippen LogP) is 5.00. The van der Waals surface area contributed by atoms with Crippen LogP contribution in [0.15, 0.2) is 53.0 Å². The highest BCUT2D eigenvalue weighted by atomic mass is 79.9. The van der Waals surface area contributed by atoms with E-state index in [2.05, 4.69) is 50.2 Å². The molecule has 1 saturated heterocycles. The minimum absolute atomic E-state index is 0.0957. The molecule has 5 rings (SSSR count). The van der Waals surface area contributed by atoms with Crippen molar-refractivity contribution in [1.29, 1.82) is 0 Å². The van der Waals surface area contributed by atoms with Crippen LogP contribution in [0.5, 0.6) is 0 Å². The summed E-state index contributed by atoms with van der Waals surface area (Å²) in [4.78, 5) is 21.5. The number of carboxylic acid groups (broad SMARTS) is 1. The Morgan fingerprint density at radius 3 is 2.85 bits per heavy atom. The molecule has 1 aliphatic heterocycles. The van der Waals surface area contributed by atoms with E-state index in [0.29, 0.717) is 12.5 Å². The zero-order valence-corrected chi connectivity index (χ0v) is 16.3. The van der Waals surface area contributed by atoms with E-state index in [4.69, 9.17) is 0 Å². The lowest BCUT2D eigenvalue weighted by Gasteiger charge is -2.19. The van der Waals surface area contributed by atoms with Crippen molar-refractivity contribution in [3.63, 3.8) is 0 Å². The molecule has 1 amide bonds. The molecule has 1 spiro atoms. The van der Waals surface area contributed by atoms with E-state index in [0.717, 1.165) is 40.6 Å². The van der Waals surface area contributed by atoms with Crippen molar-refractivity contribution in [2.75, 3.05) is 6.54 Å². The van der Waals surface area contributed by atoms with E-state index in [9.17, 15) is 9.90 Å². The van der Waals surface area contributed by atoms with Crippen LogP contribution in [0.2, 0.25) is 0 Å². The third-order valence-electron chi connectivity index (χ3n) is 6.17. The molecule has 2 aromatic carbocycles. The van der Waals surface area contributed by atoms with Gasteiger partial charge in [-0.05, 0) is 54.4 Å². The SMILES string of the molecule is O=C(O)N1CC2(CC1c1nc3ccc(Br)cc3[nH]1)CC2Cc1ccccc1. The fourth-order valence-electron chi connectivity index (χ4n) is 4.68. The van der Waals surface area contributed by atoms with E-state index in [-0.39, 0.29) is 11.5 Å². The smallest absolute Gasteiger partial charge is 0.407 e. The van der Waals surface area contributed by atoms with E-state index in [1.54, 1.807) is 4.90 Å². The molecule has 27 heavy (non-hydrogen) atoms. The summed E-state index contributed by atoms with van der Waals surface area (Å²) in [6.45, 7) is 0.602. The molecule has 2 aliphatic rings. The molecule has 3 unspecified atom stereocenters. The first kappa shape index (κ1) is 16.8. The number of rotatable bonds is 3. The molecule has 6 heteroatoms. The summed E-state index contributed by atoms with van der Waals surface area (Å²) in [5, 5.41) is 9.78. The van der Waals surface area contributed by atoms with Gasteiger partial charge in [0.15, 0.2) is 0 Å². The number of imidazole rings is 1. The fraction of sp³-hybridized carbons (Fsp3) is 0.333. The number of nitrogens with zero attached hydrogens (tertiary/aromatic N) is 2. The number of fused-ring (bicyclic) bond motifs is 1. The van der Waals surface area contributed by atoms with Gasteiger partial charge in [-0.2, -0.15) is 0 Å². The van der Waals surface area contributed by atoms with Crippen molar-refractivity contribution >= 4 is 33.1 Å². The third kappa shape index (κ3) is 2.92. The van der Waals surface area contributed by atoms with Gasteiger partial charge in [-0.3, -0.25) is 4.90 Å². The average molecular weight is 426 g/mol. The van der Waals surface area contributed by atoms with Crippen LogP contribution in [0.25, 0.3) is 11.0 Å². The van der Waals surface area contributed by atoms with Crippen LogP contribution >= 0.6 is 15.9 Å². The van der Waals surface area contributed by atoms with Gasteiger partial charge in [-0.25, -0.2) is 9.78 Å². The highest BCUT2D eigenvalue weighted by Gasteiger charge is 2.61. The molecule has 3 atom stereocenters. The number of hydrogen-bond acceptors (Lipinski definition) is 2. The first-order chi connectivity index (χ1) is 13.0. The van der Waals surface area contributed by atoms with Gasteiger partial charge >= 0.3 is 6.09 Å². The number of nitrogens with one attached hydrogen (secondary N) is 1. The number of aromatic nitrogens is 2. The standard InChI is InChI=1S/C21H20BrN3O2/c22-15-6-7-16-17(9-15)24-19(23-16)18-11-21(12-25(18)20(26)27)10-14(21)8-13-4-2-1-3-5-13/h1-7,9,14,18H,8,10-12H2,(H,23,24)(H,26,27). The molecule has 5 nitrogen and oxygen atoms in total. The number of aromatic amines is 1. The van der Waals surface area contributed by atoms with Gasteiger partial charge in [0.2, 0.25) is 0 Å². The Labute approximate surface area is 165 Å². The van der Waals surface area contributed by atoms with Gasteiger partial charge in [0.05, 0.1) is 17.1 Å². The Kier molecular flexibility index (Phi) is 3.79. The molecular formula is C21H20BrN3O2. The lowest BCUT2D eigenvalue weighted by Crippen LogP contribution is -2.30. The van der Waals surface area contributed by atoms with Crippen LogP contribution in [0.1, 0.15) is 30.3 Å². The maximum atomic E-state index is 11.9. The molecule has 1 saturated carbocycles. The van der Waals surface area contributed by atoms with Gasteiger partial charge < -0.3 is 10.1 Å². The largest absolute Gasteiger partial charge is 0.465 e. The van der Waals surface area contributed by atoms with Crippen molar-refractivity contribution in [3.05, 3.63) is 64.4 Å². The lowest BCUT2D eigenvalue weighted by atomic mass is 9.96. The average Bonchev–Trinajstić information content (AvgIpc) is 2.99. The van der Waals surface area contributed by atoms with Gasteiger partial charge in [0.25, 0.3) is 0 Å². The number of carbonyl (C=O) groups is 1. The van der Waals surface area contributed by atoms with Crippen molar-refractivity contribution in [2.45, 2.75) is 25.3 Å². The molecule has 0 bridgehead atoms. The topological polar surface area (TPSA) is 69.2 Å². The monoisotopic (exact) mass is 425 g/mol. The third-order valence-corrected chi connectivity index (χ3v) is 6.66.